The Balaban J connectivity index is 2.13. The summed E-state index contributed by atoms with van der Waals surface area (Å²) < 4.78 is 17.0. The monoisotopic (exact) mass is 462 g/mol. The molecule has 0 amide bonds. The maximum Gasteiger partial charge on any atom is 0.336 e. The van der Waals surface area contributed by atoms with Gasteiger partial charge >= 0.3 is 17.9 Å². The predicted octanol–water partition coefficient (Wildman–Crippen LogP) is 2.88. The molecule has 2 N–H and O–H groups in total. The second-order valence-electron chi connectivity index (χ2n) is 9.70. The predicted molar refractivity (Wildman–Crippen MR) is 118 cm³/mol. The Morgan fingerprint density at radius 1 is 1.09 bits per heavy atom. The van der Waals surface area contributed by atoms with Crippen LogP contribution >= 0.6 is 0 Å². The zero-order valence-electron chi connectivity index (χ0n) is 20.4. The highest BCUT2D eigenvalue weighted by Crippen LogP contribution is 2.62. The van der Waals surface area contributed by atoms with Crippen molar-refractivity contribution in [3.05, 3.63) is 34.4 Å². The summed E-state index contributed by atoms with van der Waals surface area (Å²) in [6, 6.07) is 0. The largest absolute Gasteiger partial charge is 0.459 e. The fraction of sp³-hybridized carbons (Fsp3) is 0.640. The fourth-order valence-corrected chi connectivity index (χ4v) is 5.40. The van der Waals surface area contributed by atoms with E-state index in [2.05, 4.69) is 0 Å². The van der Waals surface area contributed by atoms with Gasteiger partial charge in [0.2, 0.25) is 5.79 Å². The second kappa shape index (κ2) is 8.40. The van der Waals surface area contributed by atoms with Crippen molar-refractivity contribution in [2.75, 3.05) is 0 Å². The average Bonchev–Trinajstić information content (AvgIpc) is 2.98. The van der Waals surface area contributed by atoms with Gasteiger partial charge in [0.15, 0.2) is 0 Å². The molecule has 6 unspecified atom stereocenters. The summed E-state index contributed by atoms with van der Waals surface area (Å²) in [7, 11) is 0. The van der Waals surface area contributed by atoms with Crippen molar-refractivity contribution in [3.63, 3.8) is 0 Å². The molecule has 2 saturated carbocycles. The first-order chi connectivity index (χ1) is 15.3. The smallest absolute Gasteiger partial charge is 0.336 e. The van der Waals surface area contributed by atoms with Crippen LogP contribution in [0.4, 0.5) is 0 Å². The van der Waals surface area contributed by atoms with Crippen molar-refractivity contribution in [2.45, 2.75) is 91.3 Å². The van der Waals surface area contributed by atoms with E-state index in [1.54, 1.807) is 46.8 Å². The van der Waals surface area contributed by atoms with Crippen LogP contribution in [0.5, 0.6) is 0 Å². The van der Waals surface area contributed by atoms with Gasteiger partial charge in [-0.05, 0) is 47.5 Å². The number of esters is 3. The minimum Gasteiger partial charge on any atom is -0.459 e. The molecule has 182 valence electrons. The van der Waals surface area contributed by atoms with Gasteiger partial charge in [-0.15, -0.1) is 0 Å². The number of ether oxygens (including phenoxy) is 3. The molecule has 0 saturated heterocycles. The van der Waals surface area contributed by atoms with E-state index in [-0.39, 0.29) is 24.0 Å². The highest BCUT2D eigenvalue weighted by Gasteiger charge is 2.72. The number of hydrogen-bond acceptors (Lipinski definition) is 8. The zero-order valence-corrected chi connectivity index (χ0v) is 20.4. The van der Waals surface area contributed by atoms with Crippen LogP contribution in [0.1, 0.15) is 67.7 Å². The molecule has 6 atom stereocenters. The molecule has 0 radical (unpaired) electrons. The number of carbonyl (C=O) groups is 3. The molecule has 8 heteroatoms. The first-order valence-electron chi connectivity index (χ1n) is 11.3. The van der Waals surface area contributed by atoms with Crippen LogP contribution in [0.2, 0.25) is 0 Å². The Morgan fingerprint density at radius 2 is 1.64 bits per heavy atom. The molecule has 0 aromatic heterocycles. The van der Waals surface area contributed by atoms with Gasteiger partial charge in [0.05, 0.1) is 11.2 Å². The Kier molecular flexibility index (Phi) is 6.41. The number of carbonyl (C=O) groups excluding carboxylic acids is 3. The first kappa shape index (κ1) is 25.2. The van der Waals surface area contributed by atoms with Crippen LogP contribution in [0.25, 0.3) is 0 Å². The van der Waals surface area contributed by atoms with Crippen LogP contribution in [0.15, 0.2) is 34.4 Å². The van der Waals surface area contributed by atoms with Crippen molar-refractivity contribution < 1.29 is 38.8 Å². The Hall–Kier alpha value is -2.45. The maximum absolute atomic E-state index is 12.8. The van der Waals surface area contributed by atoms with Crippen molar-refractivity contribution in [3.8, 4) is 0 Å². The van der Waals surface area contributed by atoms with Crippen LogP contribution in [0, 0.1) is 11.3 Å². The lowest BCUT2D eigenvalue weighted by atomic mass is 9.49. The van der Waals surface area contributed by atoms with E-state index in [4.69, 9.17) is 14.2 Å². The number of fused-ring (bicyclic) bond motifs is 2. The summed E-state index contributed by atoms with van der Waals surface area (Å²) in [6.45, 7) is 11.8. The normalized spacial score (nSPS) is 38.9. The second-order valence-corrected chi connectivity index (χ2v) is 9.70. The van der Waals surface area contributed by atoms with Crippen LogP contribution in [0.3, 0.4) is 0 Å². The summed E-state index contributed by atoms with van der Waals surface area (Å²) in [4.78, 5) is 37.8. The van der Waals surface area contributed by atoms with Gasteiger partial charge in [0, 0.05) is 34.5 Å². The number of aliphatic hydroxyl groups is 2. The summed E-state index contributed by atoms with van der Waals surface area (Å²) in [5.41, 5.74) is -1.64. The van der Waals surface area contributed by atoms with Crippen molar-refractivity contribution in [1.29, 1.82) is 0 Å². The van der Waals surface area contributed by atoms with Gasteiger partial charge in [-0.3, -0.25) is 0 Å². The van der Waals surface area contributed by atoms with Gasteiger partial charge in [-0.1, -0.05) is 26.0 Å². The van der Waals surface area contributed by atoms with Crippen molar-refractivity contribution >= 4 is 17.9 Å². The summed E-state index contributed by atoms with van der Waals surface area (Å²) >= 11 is 0. The molecular weight excluding hydrogens is 428 g/mol. The van der Waals surface area contributed by atoms with Crippen LogP contribution < -0.4 is 0 Å². The van der Waals surface area contributed by atoms with Crippen molar-refractivity contribution in [1.82, 2.24) is 0 Å². The summed E-state index contributed by atoms with van der Waals surface area (Å²) in [5, 5.41) is 23.2. The number of hydrogen-bond donors (Lipinski definition) is 2. The average molecular weight is 463 g/mol. The van der Waals surface area contributed by atoms with Gasteiger partial charge in [0.25, 0.3) is 0 Å². The highest BCUT2D eigenvalue weighted by atomic mass is 16.7. The third-order valence-corrected chi connectivity index (χ3v) is 8.07. The van der Waals surface area contributed by atoms with Crippen LogP contribution in [-0.2, 0) is 28.6 Å². The highest BCUT2D eigenvalue weighted by molar-refractivity contribution is 5.93. The third-order valence-electron chi connectivity index (χ3n) is 8.07. The van der Waals surface area contributed by atoms with Gasteiger partial charge in [0.1, 0.15) is 12.2 Å². The molecule has 0 spiro atoms. The molecular formula is C25H34O8. The van der Waals surface area contributed by atoms with E-state index in [0.29, 0.717) is 17.6 Å². The van der Waals surface area contributed by atoms with Gasteiger partial charge in [-0.2, -0.15) is 0 Å². The molecule has 3 rings (SSSR count). The molecule has 0 aromatic carbocycles. The summed E-state index contributed by atoms with van der Waals surface area (Å²) in [5.74, 6) is -4.36. The lowest BCUT2D eigenvalue weighted by Crippen LogP contribution is -2.70. The number of allylic oxidation sites excluding steroid dienone is 2. The first-order valence-corrected chi connectivity index (χ1v) is 11.3. The lowest BCUT2D eigenvalue weighted by Gasteiger charge is -2.61. The minimum atomic E-state index is -2.07. The van der Waals surface area contributed by atoms with Gasteiger partial charge < -0.3 is 24.4 Å². The Bertz CT molecular complexity index is 975. The SMILES string of the molecule is CC=C(C)C(=O)OC1CCC2(O)CC3(O)OC(=O)C(C)=C3C(OC(=O)C(C)=CC)C2(C)C1C. The van der Waals surface area contributed by atoms with E-state index in [0.717, 1.165) is 0 Å². The standard InChI is InChI=1S/C25H34O8/c1-8-13(3)20(26)31-17-10-11-24(29)12-25(30)18(15(5)22(28)33-25)19(23(24,7)16(17)6)32-21(27)14(4)9-2/h8-9,16-17,19,29-30H,10-12H2,1-7H3. The van der Waals surface area contributed by atoms with Crippen molar-refractivity contribution in [2.24, 2.45) is 11.3 Å². The molecule has 33 heavy (non-hydrogen) atoms. The molecule has 2 aliphatic carbocycles. The van der Waals surface area contributed by atoms with Gasteiger partial charge in [-0.25, -0.2) is 14.4 Å². The topological polar surface area (TPSA) is 119 Å². The maximum atomic E-state index is 12.8. The third kappa shape index (κ3) is 3.73. The molecule has 2 fully saturated rings. The Morgan fingerprint density at radius 3 is 2.18 bits per heavy atom. The molecule has 0 aromatic rings. The number of rotatable bonds is 4. The van der Waals surface area contributed by atoms with Crippen LogP contribution in [-0.4, -0.2) is 51.7 Å². The van der Waals surface area contributed by atoms with E-state index in [1.165, 1.54) is 6.92 Å². The minimum absolute atomic E-state index is 0.139. The molecule has 0 bridgehead atoms. The fourth-order valence-electron chi connectivity index (χ4n) is 5.40. The Labute approximate surface area is 194 Å². The van der Waals surface area contributed by atoms with E-state index in [1.807, 2.05) is 6.92 Å². The lowest BCUT2D eigenvalue weighted by molar-refractivity contribution is -0.285. The molecule has 1 aliphatic heterocycles. The van der Waals surface area contributed by atoms with E-state index < -0.39 is 52.8 Å². The summed E-state index contributed by atoms with van der Waals surface area (Å²) in [6.07, 6.45) is 1.76. The molecule has 3 aliphatic rings. The quantitative estimate of drug-likeness (QED) is 0.372. The van der Waals surface area contributed by atoms with E-state index in [9.17, 15) is 24.6 Å². The van der Waals surface area contributed by atoms with E-state index >= 15 is 0 Å². The molecule has 1 heterocycles. The zero-order chi connectivity index (χ0) is 24.9. The molecule has 8 nitrogen and oxygen atoms in total.